The summed E-state index contributed by atoms with van der Waals surface area (Å²) in [4.78, 5) is 10.9. The first-order valence-electron chi connectivity index (χ1n) is 6.12. The molecule has 4 nitrogen and oxygen atoms in total. The van der Waals surface area contributed by atoms with Crippen LogP contribution in [0.3, 0.4) is 0 Å². The minimum absolute atomic E-state index is 0.143. The molecule has 0 amide bonds. The molecule has 0 aromatic heterocycles. The molecule has 0 saturated heterocycles. The van der Waals surface area contributed by atoms with Gasteiger partial charge < -0.3 is 9.47 Å². The number of carbonyl (C=O) groups excluding carboxylic acids is 1. The van der Waals surface area contributed by atoms with E-state index in [4.69, 9.17) is 14.7 Å². The fraction of sp³-hybridized carbons (Fsp3) is 0.125. The molecule has 2 aromatic rings. The lowest BCUT2D eigenvalue weighted by atomic mass is 10.1. The molecular weight excluding hydrogens is 273 g/mol. The number of benzene rings is 2. The van der Waals surface area contributed by atoms with Crippen LogP contribution in [0, 0.1) is 17.1 Å². The zero-order chi connectivity index (χ0) is 15.2. The molecule has 0 heterocycles. The van der Waals surface area contributed by atoms with E-state index in [0.29, 0.717) is 23.3 Å². The number of nitriles is 1. The Kier molecular flexibility index (Phi) is 4.52. The molecule has 0 aliphatic rings. The average Bonchev–Trinajstić information content (AvgIpc) is 2.53. The largest absolute Gasteiger partial charge is 0.495 e. The minimum Gasteiger partial charge on any atom is -0.495 e. The van der Waals surface area contributed by atoms with Crippen LogP contribution < -0.4 is 9.47 Å². The van der Waals surface area contributed by atoms with E-state index in [0.717, 1.165) is 11.6 Å². The van der Waals surface area contributed by atoms with Gasteiger partial charge in [0.25, 0.3) is 0 Å². The summed E-state index contributed by atoms with van der Waals surface area (Å²) in [5, 5.41) is 9.01. The second kappa shape index (κ2) is 6.53. The Morgan fingerprint density at radius 1 is 1.24 bits per heavy atom. The van der Waals surface area contributed by atoms with Crippen molar-refractivity contribution in [2.45, 2.75) is 6.61 Å². The number of hydrogen-bond donors (Lipinski definition) is 0. The zero-order valence-corrected chi connectivity index (χ0v) is 11.3. The maximum Gasteiger partial charge on any atom is 0.153 e. The van der Waals surface area contributed by atoms with E-state index in [2.05, 4.69) is 0 Å². The van der Waals surface area contributed by atoms with Gasteiger partial charge in [-0.3, -0.25) is 4.79 Å². The van der Waals surface area contributed by atoms with E-state index in [1.165, 1.54) is 19.2 Å². The van der Waals surface area contributed by atoms with Crippen molar-refractivity contribution in [3.63, 3.8) is 0 Å². The fourth-order valence-electron chi connectivity index (χ4n) is 1.84. The van der Waals surface area contributed by atoms with Crippen LogP contribution in [0.1, 0.15) is 21.5 Å². The average molecular weight is 285 g/mol. The number of nitrogens with zero attached hydrogens (tertiary/aromatic N) is 1. The lowest BCUT2D eigenvalue weighted by Crippen LogP contribution is -2.00. The lowest BCUT2D eigenvalue weighted by molar-refractivity contribution is 0.111. The molecule has 0 atom stereocenters. The number of aldehydes is 1. The van der Waals surface area contributed by atoms with E-state index in [9.17, 15) is 9.18 Å². The molecule has 2 aromatic carbocycles. The molecule has 0 radical (unpaired) electrons. The van der Waals surface area contributed by atoms with Crippen LogP contribution >= 0.6 is 0 Å². The predicted molar refractivity (Wildman–Crippen MR) is 73.8 cm³/mol. The number of carbonyl (C=O) groups is 1. The number of ether oxygens (including phenoxy) is 2. The van der Waals surface area contributed by atoms with Crippen molar-refractivity contribution >= 4 is 6.29 Å². The highest BCUT2D eigenvalue weighted by Gasteiger charge is 2.07. The molecule has 2 rings (SSSR count). The van der Waals surface area contributed by atoms with E-state index < -0.39 is 5.82 Å². The third-order valence-corrected chi connectivity index (χ3v) is 2.88. The van der Waals surface area contributed by atoms with E-state index in [1.54, 1.807) is 18.2 Å². The number of methoxy groups -OCH3 is 1. The minimum atomic E-state index is -0.499. The highest BCUT2D eigenvalue weighted by molar-refractivity contribution is 5.79. The monoisotopic (exact) mass is 285 g/mol. The van der Waals surface area contributed by atoms with Gasteiger partial charge in [0, 0.05) is 0 Å². The van der Waals surface area contributed by atoms with Gasteiger partial charge in [-0.2, -0.15) is 5.26 Å². The Morgan fingerprint density at radius 2 is 2.00 bits per heavy atom. The molecule has 0 fully saturated rings. The molecular formula is C16H12FNO3. The Morgan fingerprint density at radius 3 is 2.67 bits per heavy atom. The standard InChI is InChI=1S/C16H12FNO3/c1-20-15-4-2-11(6-12(15)8-18)10-21-16-5-3-14(17)7-13(16)9-19/h2-7,9H,10H2,1H3. The van der Waals surface area contributed by atoms with Crippen LogP contribution in [0.4, 0.5) is 4.39 Å². The number of halogens is 1. The Balaban J connectivity index is 2.17. The van der Waals surface area contributed by atoms with Gasteiger partial charge in [-0.15, -0.1) is 0 Å². The third-order valence-electron chi connectivity index (χ3n) is 2.88. The molecule has 0 spiro atoms. The van der Waals surface area contributed by atoms with Crippen molar-refractivity contribution in [3.8, 4) is 17.6 Å². The van der Waals surface area contributed by atoms with E-state index in [-0.39, 0.29) is 12.2 Å². The zero-order valence-electron chi connectivity index (χ0n) is 11.3. The van der Waals surface area contributed by atoms with Gasteiger partial charge in [0.1, 0.15) is 30.0 Å². The molecule has 0 aliphatic heterocycles. The summed E-state index contributed by atoms with van der Waals surface area (Å²) in [6, 6.07) is 10.8. The van der Waals surface area contributed by atoms with Gasteiger partial charge >= 0.3 is 0 Å². The van der Waals surface area contributed by atoms with Crippen molar-refractivity contribution in [2.75, 3.05) is 7.11 Å². The topological polar surface area (TPSA) is 59.3 Å². The molecule has 5 heteroatoms. The summed E-state index contributed by atoms with van der Waals surface area (Å²) in [6.45, 7) is 0.158. The van der Waals surface area contributed by atoms with Crippen LogP contribution in [0.2, 0.25) is 0 Å². The van der Waals surface area contributed by atoms with Crippen molar-refractivity contribution in [1.82, 2.24) is 0 Å². The molecule has 106 valence electrons. The summed E-state index contributed by atoms with van der Waals surface area (Å²) in [7, 11) is 1.49. The first kappa shape index (κ1) is 14.5. The summed E-state index contributed by atoms with van der Waals surface area (Å²) in [5.74, 6) is 0.276. The highest BCUT2D eigenvalue weighted by Crippen LogP contribution is 2.22. The van der Waals surface area contributed by atoms with Crippen LogP contribution in [-0.4, -0.2) is 13.4 Å². The highest BCUT2D eigenvalue weighted by atomic mass is 19.1. The number of rotatable bonds is 5. The Hall–Kier alpha value is -2.87. The van der Waals surface area contributed by atoms with Gasteiger partial charge in [0.2, 0.25) is 0 Å². The lowest BCUT2D eigenvalue weighted by Gasteiger charge is -2.10. The quantitative estimate of drug-likeness (QED) is 0.792. The molecule has 0 unspecified atom stereocenters. The first-order chi connectivity index (χ1) is 10.2. The number of hydrogen-bond acceptors (Lipinski definition) is 4. The van der Waals surface area contributed by atoms with Gasteiger partial charge in [0.05, 0.1) is 18.2 Å². The smallest absolute Gasteiger partial charge is 0.153 e. The fourth-order valence-corrected chi connectivity index (χ4v) is 1.84. The van der Waals surface area contributed by atoms with Gasteiger partial charge in [-0.25, -0.2) is 4.39 Å². The molecule has 0 aliphatic carbocycles. The molecule has 0 bridgehead atoms. The third kappa shape index (κ3) is 3.37. The van der Waals surface area contributed by atoms with Crippen LogP contribution in [-0.2, 0) is 6.61 Å². The summed E-state index contributed by atoms with van der Waals surface area (Å²) < 4.78 is 23.6. The van der Waals surface area contributed by atoms with Crippen molar-refractivity contribution in [1.29, 1.82) is 5.26 Å². The van der Waals surface area contributed by atoms with E-state index >= 15 is 0 Å². The molecule has 0 N–H and O–H groups in total. The summed E-state index contributed by atoms with van der Waals surface area (Å²) in [5.41, 5.74) is 1.28. The van der Waals surface area contributed by atoms with Crippen molar-refractivity contribution in [3.05, 3.63) is 58.9 Å². The first-order valence-corrected chi connectivity index (χ1v) is 6.12. The predicted octanol–water partition coefficient (Wildman–Crippen LogP) is 3.10. The van der Waals surface area contributed by atoms with E-state index in [1.807, 2.05) is 6.07 Å². The van der Waals surface area contributed by atoms with Crippen LogP contribution in [0.5, 0.6) is 11.5 Å². The maximum absolute atomic E-state index is 13.0. The summed E-state index contributed by atoms with van der Waals surface area (Å²) in [6.07, 6.45) is 0.535. The van der Waals surface area contributed by atoms with Gasteiger partial charge in [-0.1, -0.05) is 6.07 Å². The second-order valence-electron chi connectivity index (χ2n) is 4.24. The van der Waals surface area contributed by atoms with Crippen molar-refractivity contribution < 1.29 is 18.7 Å². The molecule has 21 heavy (non-hydrogen) atoms. The second-order valence-corrected chi connectivity index (χ2v) is 4.24. The molecule has 0 saturated carbocycles. The Labute approximate surface area is 121 Å². The van der Waals surface area contributed by atoms with Crippen molar-refractivity contribution in [2.24, 2.45) is 0 Å². The SMILES string of the molecule is COc1ccc(COc2ccc(F)cc2C=O)cc1C#N. The normalized spacial score (nSPS) is 9.76. The van der Waals surface area contributed by atoms with Crippen LogP contribution in [0.25, 0.3) is 0 Å². The maximum atomic E-state index is 13.0. The van der Waals surface area contributed by atoms with Gasteiger partial charge in [0.15, 0.2) is 6.29 Å². The summed E-state index contributed by atoms with van der Waals surface area (Å²) >= 11 is 0. The van der Waals surface area contributed by atoms with Gasteiger partial charge in [-0.05, 0) is 35.9 Å². The Bertz CT molecular complexity index is 707. The van der Waals surface area contributed by atoms with Crippen LogP contribution in [0.15, 0.2) is 36.4 Å².